The fourth-order valence-electron chi connectivity index (χ4n) is 2.32. The van der Waals surface area contributed by atoms with E-state index < -0.39 is 21.9 Å². The van der Waals surface area contributed by atoms with E-state index in [-0.39, 0.29) is 34.3 Å². The van der Waals surface area contributed by atoms with Gasteiger partial charge in [-0.05, 0) is 30.7 Å². The molecule has 0 bridgehead atoms. The van der Waals surface area contributed by atoms with E-state index in [1.54, 1.807) is 6.07 Å². The second-order valence-electron chi connectivity index (χ2n) is 5.93. The number of rotatable bonds is 7. The smallest absolute Gasteiger partial charge is 0.335 e. The molecule has 1 heterocycles. The molecule has 9 nitrogen and oxygen atoms in total. The van der Waals surface area contributed by atoms with Gasteiger partial charge in [-0.15, -0.1) is 0 Å². The number of hydrogen-bond donors (Lipinski definition) is 2. The fraction of sp³-hybridized carbons (Fsp3) is 0.294. The summed E-state index contributed by atoms with van der Waals surface area (Å²) in [5.41, 5.74) is 0.821. The van der Waals surface area contributed by atoms with Gasteiger partial charge in [-0.3, -0.25) is 4.79 Å². The summed E-state index contributed by atoms with van der Waals surface area (Å²) in [5.74, 6) is -1.65. The number of nitrogens with one attached hydrogen (secondary N) is 1. The van der Waals surface area contributed by atoms with Crippen molar-refractivity contribution < 1.29 is 32.3 Å². The lowest BCUT2D eigenvalue weighted by Gasteiger charge is -2.09. The summed E-state index contributed by atoms with van der Waals surface area (Å²) in [6.45, 7) is 1.63. The molecule has 0 spiro atoms. The number of carbonyl (C=O) groups excluding carboxylic acids is 1. The highest BCUT2D eigenvalue weighted by Crippen LogP contribution is 2.23. The van der Waals surface area contributed by atoms with Crippen molar-refractivity contribution in [3.8, 4) is 0 Å². The van der Waals surface area contributed by atoms with Gasteiger partial charge in [0.15, 0.2) is 0 Å². The van der Waals surface area contributed by atoms with Crippen molar-refractivity contribution in [2.24, 2.45) is 0 Å². The number of anilines is 1. The number of carboxylic acids is 1. The fourth-order valence-corrected chi connectivity index (χ4v) is 3.18. The molecule has 2 N–H and O–H groups in total. The van der Waals surface area contributed by atoms with Crippen molar-refractivity contribution in [2.75, 3.05) is 26.5 Å². The van der Waals surface area contributed by atoms with Gasteiger partial charge in [0.1, 0.15) is 5.76 Å². The molecular formula is C17H20N2O7S. The Labute approximate surface area is 156 Å². The van der Waals surface area contributed by atoms with Crippen molar-refractivity contribution in [2.45, 2.75) is 18.6 Å². The number of furan rings is 1. The second-order valence-corrected chi connectivity index (χ2v) is 8.02. The van der Waals surface area contributed by atoms with Crippen LogP contribution in [0.4, 0.5) is 5.69 Å². The number of carboxylic acid groups (broad SMARTS) is 1. The Morgan fingerprint density at radius 3 is 2.44 bits per heavy atom. The monoisotopic (exact) mass is 396 g/mol. The van der Waals surface area contributed by atoms with Crippen molar-refractivity contribution in [3.05, 3.63) is 46.7 Å². The Morgan fingerprint density at radius 1 is 1.22 bits per heavy atom. The molecule has 0 aliphatic carbocycles. The third-order valence-corrected chi connectivity index (χ3v) is 5.35. The van der Waals surface area contributed by atoms with E-state index in [1.807, 2.05) is 0 Å². The zero-order valence-electron chi connectivity index (χ0n) is 15.3. The van der Waals surface area contributed by atoms with E-state index in [9.17, 15) is 23.1 Å². The molecule has 146 valence electrons. The first-order valence-corrected chi connectivity index (χ1v) is 9.20. The number of hydrogen-bond acceptors (Lipinski definition) is 6. The van der Waals surface area contributed by atoms with Crippen molar-refractivity contribution >= 4 is 27.6 Å². The third kappa shape index (κ3) is 4.54. The largest absolute Gasteiger partial charge is 0.478 e. The Balaban J connectivity index is 2.35. The number of aromatic carboxylic acids is 1. The van der Waals surface area contributed by atoms with Crippen LogP contribution in [0, 0.1) is 6.92 Å². The Kier molecular flexibility index (Phi) is 6.04. The molecule has 2 rings (SSSR count). The van der Waals surface area contributed by atoms with Crippen LogP contribution in [-0.2, 0) is 21.4 Å². The number of aryl methyl sites for hydroxylation is 1. The first-order valence-electron chi connectivity index (χ1n) is 7.76. The van der Waals surface area contributed by atoms with Crippen LogP contribution in [0.15, 0.2) is 33.8 Å². The minimum Gasteiger partial charge on any atom is -0.478 e. The first-order chi connectivity index (χ1) is 12.6. The van der Waals surface area contributed by atoms with E-state index in [0.29, 0.717) is 5.56 Å². The molecule has 0 fully saturated rings. The molecule has 1 amide bonds. The predicted octanol–water partition coefficient (Wildman–Crippen LogP) is 1.94. The van der Waals surface area contributed by atoms with E-state index in [1.165, 1.54) is 40.3 Å². The van der Waals surface area contributed by atoms with Crippen LogP contribution < -0.4 is 5.32 Å². The summed E-state index contributed by atoms with van der Waals surface area (Å²) < 4.78 is 35.5. The van der Waals surface area contributed by atoms with E-state index in [4.69, 9.17) is 9.15 Å². The van der Waals surface area contributed by atoms with Crippen LogP contribution in [0.2, 0.25) is 0 Å². The van der Waals surface area contributed by atoms with Gasteiger partial charge in [0, 0.05) is 33.0 Å². The molecule has 0 radical (unpaired) electrons. The van der Waals surface area contributed by atoms with Crippen molar-refractivity contribution in [1.29, 1.82) is 0 Å². The summed E-state index contributed by atoms with van der Waals surface area (Å²) in [7, 11) is 0.339. The molecule has 0 unspecified atom stereocenters. The number of amides is 1. The number of ether oxygens (including phenoxy) is 1. The molecule has 2 aromatic rings. The zero-order chi connectivity index (χ0) is 20.4. The van der Waals surface area contributed by atoms with Gasteiger partial charge >= 0.3 is 5.97 Å². The summed E-state index contributed by atoms with van der Waals surface area (Å²) in [5, 5.41) is 11.4. The number of sulfonamides is 1. The number of benzene rings is 1. The minimum absolute atomic E-state index is 0.0142. The molecule has 10 heteroatoms. The maximum absolute atomic E-state index is 12.5. The normalized spacial score (nSPS) is 11.6. The van der Waals surface area contributed by atoms with E-state index >= 15 is 0 Å². The van der Waals surface area contributed by atoms with Gasteiger partial charge in [0.05, 0.1) is 17.7 Å². The Morgan fingerprint density at radius 2 is 1.89 bits per heavy atom. The van der Waals surface area contributed by atoms with Gasteiger partial charge < -0.3 is 19.6 Å². The molecule has 27 heavy (non-hydrogen) atoms. The quantitative estimate of drug-likeness (QED) is 0.732. The summed E-state index contributed by atoms with van der Waals surface area (Å²) in [6.07, 6.45) is 0. The lowest BCUT2D eigenvalue weighted by Crippen LogP contribution is -2.21. The first kappa shape index (κ1) is 20.6. The van der Waals surface area contributed by atoms with Crippen LogP contribution in [-0.4, -0.2) is 50.9 Å². The second kappa shape index (κ2) is 7.91. The van der Waals surface area contributed by atoms with Gasteiger partial charge in [0.2, 0.25) is 5.09 Å². The highest BCUT2D eigenvalue weighted by molar-refractivity contribution is 7.88. The molecule has 0 saturated heterocycles. The number of methoxy groups -OCH3 is 1. The van der Waals surface area contributed by atoms with Crippen LogP contribution >= 0.6 is 0 Å². The van der Waals surface area contributed by atoms with E-state index in [2.05, 4.69) is 5.32 Å². The van der Waals surface area contributed by atoms with Gasteiger partial charge in [-0.1, -0.05) is 0 Å². The van der Waals surface area contributed by atoms with Crippen LogP contribution in [0.1, 0.15) is 32.0 Å². The number of carbonyl (C=O) groups is 2. The highest BCUT2D eigenvalue weighted by atomic mass is 32.2. The SMILES string of the molecule is COCc1cc(NC(=O)c2cc(S(=O)(=O)N(C)C)oc2C)cc(C(=O)O)c1. The third-order valence-electron chi connectivity index (χ3n) is 3.68. The average molecular weight is 396 g/mol. The van der Waals surface area contributed by atoms with Crippen LogP contribution in [0.5, 0.6) is 0 Å². The molecule has 0 saturated carbocycles. The summed E-state index contributed by atoms with van der Waals surface area (Å²) in [4.78, 5) is 23.8. The molecule has 0 atom stereocenters. The summed E-state index contributed by atoms with van der Waals surface area (Å²) in [6, 6.07) is 5.44. The topological polar surface area (TPSA) is 126 Å². The van der Waals surface area contributed by atoms with Gasteiger partial charge in [-0.2, -0.15) is 0 Å². The van der Waals surface area contributed by atoms with Crippen molar-refractivity contribution in [3.63, 3.8) is 0 Å². The van der Waals surface area contributed by atoms with Crippen molar-refractivity contribution in [1.82, 2.24) is 4.31 Å². The predicted molar refractivity (Wildman–Crippen MR) is 96.4 cm³/mol. The molecule has 0 aliphatic rings. The Bertz CT molecular complexity index is 977. The zero-order valence-corrected chi connectivity index (χ0v) is 16.1. The minimum atomic E-state index is -3.82. The lowest BCUT2D eigenvalue weighted by molar-refractivity contribution is 0.0696. The molecule has 1 aromatic carbocycles. The Hall–Kier alpha value is -2.69. The molecule has 1 aromatic heterocycles. The molecular weight excluding hydrogens is 376 g/mol. The van der Waals surface area contributed by atoms with Crippen LogP contribution in [0.25, 0.3) is 0 Å². The average Bonchev–Trinajstić information content (AvgIpc) is 2.97. The lowest BCUT2D eigenvalue weighted by atomic mass is 10.1. The number of nitrogens with zero attached hydrogens (tertiary/aromatic N) is 1. The maximum atomic E-state index is 12.5. The maximum Gasteiger partial charge on any atom is 0.335 e. The van der Waals surface area contributed by atoms with E-state index in [0.717, 1.165) is 10.4 Å². The summed E-state index contributed by atoms with van der Waals surface area (Å²) >= 11 is 0. The van der Waals surface area contributed by atoms with Crippen LogP contribution in [0.3, 0.4) is 0 Å². The molecule has 0 aliphatic heterocycles. The van der Waals surface area contributed by atoms with Gasteiger partial charge in [-0.25, -0.2) is 17.5 Å². The van der Waals surface area contributed by atoms with Gasteiger partial charge in [0.25, 0.3) is 15.9 Å². The standard InChI is InChI=1S/C17H20N2O7S/c1-10-14(8-15(26-10)27(23,24)19(2)3)16(20)18-13-6-11(9-25-4)5-12(7-13)17(21)22/h5-8H,9H2,1-4H3,(H,18,20)(H,21,22). The highest BCUT2D eigenvalue weighted by Gasteiger charge is 2.26.